The maximum atomic E-state index is 12.0. The number of likely N-dealkylation sites (N-methyl/N-ethyl adjacent to an activating group) is 1. The molecule has 0 saturated carbocycles. The normalized spacial score (nSPS) is 17.0. The number of carbonyl (C=O) groups excluding carboxylic acids is 1. The first-order valence-corrected chi connectivity index (χ1v) is 5.90. The van der Waals surface area contributed by atoms with E-state index in [1.807, 2.05) is 13.2 Å². The second-order valence-electron chi connectivity index (χ2n) is 4.38. The molecule has 1 aromatic heterocycles. The standard InChI is InChI=1S/C11H19N5O/c1-15(8-10-6-13-14-7-10)11(17)9-16-4-2-12-3-5-16/h6-7,12H,2-5,8-9H2,1H3,(H,13,14). The Labute approximate surface area is 101 Å². The Kier molecular flexibility index (Phi) is 4.11. The number of hydrogen-bond acceptors (Lipinski definition) is 4. The fourth-order valence-corrected chi connectivity index (χ4v) is 1.91. The molecule has 0 radical (unpaired) electrons. The van der Waals surface area contributed by atoms with Gasteiger partial charge in [-0.1, -0.05) is 0 Å². The number of amides is 1. The summed E-state index contributed by atoms with van der Waals surface area (Å²) in [5.41, 5.74) is 1.03. The summed E-state index contributed by atoms with van der Waals surface area (Å²) in [4.78, 5) is 15.9. The molecule has 1 amide bonds. The maximum Gasteiger partial charge on any atom is 0.236 e. The summed E-state index contributed by atoms with van der Waals surface area (Å²) < 4.78 is 0. The van der Waals surface area contributed by atoms with Crippen LogP contribution in [0, 0.1) is 0 Å². The van der Waals surface area contributed by atoms with E-state index in [2.05, 4.69) is 20.4 Å². The summed E-state index contributed by atoms with van der Waals surface area (Å²) in [6, 6.07) is 0. The Hall–Kier alpha value is -1.40. The Bertz CT molecular complexity index is 345. The van der Waals surface area contributed by atoms with Gasteiger partial charge in [-0.25, -0.2) is 0 Å². The largest absolute Gasteiger partial charge is 0.340 e. The van der Waals surface area contributed by atoms with Gasteiger partial charge in [0, 0.05) is 51.5 Å². The molecule has 2 heterocycles. The summed E-state index contributed by atoms with van der Waals surface area (Å²) in [6.07, 6.45) is 3.56. The highest BCUT2D eigenvalue weighted by molar-refractivity contribution is 5.78. The number of hydrogen-bond donors (Lipinski definition) is 2. The minimum atomic E-state index is 0.160. The average Bonchev–Trinajstić information content (AvgIpc) is 2.83. The summed E-state index contributed by atoms with van der Waals surface area (Å²) in [5.74, 6) is 0.160. The molecule has 6 heteroatoms. The van der Waals surface area contributed by atoms with E-state index < -0.39 is 0 Å². The third-order valence-electron chi connectivity index (χ3n) is 2.97. The lowest BCUT2D eigenvalue weighted by atomic mass is 10.3. The van der Waals surface area contributed by atoms with Gasteiger partial charge in [0.25, 0.3) is 0 Å². The zero-order valence-corrected chi connectivity index (χ0v) is 10.1. The molecule has 0 aromatic carbocycles. The molecule has 94 valence electrons. The number of nitrogens with one attached hydrogen (secondary N) is 2. The van der Waals surface area contributed by atoms with Crippen LogP contribution in [-0.4, -0.2) is 65.7 Å². The van der Waals surface area contributed by atoms with Crippen molar-refractivity contribution in [2.45, 2.75) is 6.54 Å². The molecular formula is C11H19N5O. The third kappa shape index (κ3) is 3.54. The lowest BCUT2D eigenvalue weighted by Gasteiger charge is -2.28. The molecule has 0 unspecified atom stereocenters. The van der Waals surface area contributed by atoms with Gasteiger partial charge in [0.15, 0.2) is 0 Å². The van der Waals surface area contributed by atoms with Crippen molar-refractivity contribution in [3.63, 3.8) is 0 Å². The van der Waals surface area contributed by atoms with E-state index in [-0.39, 0.29) is 5.91 Å². The molecule has 0 atom stereocenters. The quantitative estimate of drug-likeness (QED) is 0.725. The van der Waals surface area contributed by atoms with Gasteiger partial charge in [0.2, 0.25) is 5.91 Å². The fraction of sp³-hybridized carbons (Fsp3) is 0.636. The summed E-state index contributed by atoms with van der Waals surface area (Å²) >= 11 is 0. The van der Waals surface area contributed by atoms with Gasteiger partial charge >= 0.3 is 0 Å². The first-order chi connectivity index (χ1) is 8.25. The lowest BCUT2D eigenvalue weighted by Crippen LogP contribution is -2.47. The number of carbonyl (C=O) groups is 1. The van der Waals surface area contributed by atoms with Gasteiger partial charge < -0.3 is 10.2 Å². The SMILES string of the molecule is CN(Cc1cn[nH]c1)C(=O)CN1CCNCC1. The van der Waals surface area contributed by atoms with Crippen LogP contribution in [0.15, 0.2) is 12.4 Å². The van der Waals surface area contributed by atoms with Crippen LogP contribution in [0.3, 0.4) is 0 Å². The topological polar surface area (TPSA) is 64.3 Å². The van der Waals surface area contributed by atoms with E-state index in [1.165, 1.54) is 0 Å². The Morgan fingerprint density at radius 2 is 2.29 bits per heavy atom. The van der Waals surface area contributed by atoms with Crippen LogP contribution in [0.5, 0.6) is 0 Å². The molecule has 1 fully saturated rings. The predicted molar refractivity (Wildman–Crippen MR) is 64.4 cm³/mol. The number of aromatic amines is 1. The fourth-order valence-electron chi connectivity index (χ4n) is 1.91. The van der Waals surface area contributed by atoms with Crippen molar-refractivity contribution in [1.82, 2.24) is 25.3 Å². The second-order valence-corrected chi connectivity index (χ2v) is 4.38. The van der Waals surface area contributed by atoms with Gasteiger partial charge in [-0.2, -0.15) is 5.10 Å². The Morgan fingerprint density at radius 3 is 2.94 bits per heavy atom. The molecule has 1 saturated heterocycles. The number of H-pyrrole nitrogens is 1. The van der Waals surface area contributed by atoms with Gasteiger partial charge in [0.05, 0.1) is 12.7 Å². The smallest absolute Gasteiger partial charge is 0.236 e. The molecule has 0 spiro atoms. The van der Waals surface area contributed by atoms with Crippen LogP contribution in [0.1, 0.15) is 5.56 Å². The molecular weight excluding hydrogens is 218 g/mol. The highest BCUT2D eigenvalue weighted by Crippen LogP contribution is 2.01. The van der Waals surface area contributed by atoms with Crippen LogP contribution in [0.4, 0.5) is 0 Å². The van der Waals surface area contributed by atoms with Crippen LogP contribution in [0.2, 0.25) is 0 Å². The van der Waals surface area contributed by atoms with Crippen molar-refractivity contribution < 1.29 is 4.79 Å². The van der Waals surface area contributed by atoms with Crippen molar-refractivity contribution in [1.29, 1.82) is 0 Å². The monoisotopic (exact) mass is 237 g/mol. The molecule has 1 aromatic rings. The van der Waals surface area contributed by atoms with E-state index in [1.54, 1.807) is 11.1 Å². The van der Waals surface area contributed by atoms with Crippen LogP contribution < -0.4 is 5.32 Å². The minimum absolute atomic E-state index is 0.160. The number of nitrogens with zero attached hydrogens (tertiary/aromatic N) is 3. The summed E-state index contributed by atoms with van der Waals surface area (Å²) in [5, 5.41) is 9.89. The van der Waals surface area contributed by atoms with Crippen LogP contribution in [0.25, 0.3) is 0 Å². The van der Waals surface area contributed by atoms with Crippen molar-refractivity contribution in [3.05, 3.63) is 18.0 Å². The zero-order valence-electron chi connectivity index (χ0n) is 10.1. The minimum Gasteiger partial charge on any atom is -0.340 e. The van der Waals surface area contributed by atoms with E-state index in [4.69, 9.17) is 0 Å². The van der Waals surface area contributed by atoms with E-state index in [9.17, 15) is 4.79 Å². The summed E-state index contributed by atoms with van der Waals surface area (Å²) in [6.45, 7) is 4.96. The number of piperazine rings is 1. The van der Waals surface area contributed by atoms with Gasteiger partial charge in [-0.15, -0.1) is 0 Å². The van der Waals surface area contributed by atoms with Gasteiger partial charge in [0.1, 0.15) is 0 Å². The van der Waals surface area contributed by atoms with E-state index in [0.717, 1.165) is 31.7 Å². The molecule has 0 bridgehead atoms. The maximum absolute atomic E-state index is 12.0. The van der Waals surface area contributed by atoms with Crippen molar-refractivity contribution in [2.75, 3.05) is 39.8 Å². The molecule has 2 rings (SSSR count). The second kappa shape index (κ2) is 5.79. The van der Waals surface area contributed by atoms with Crippen LogP contribution in [-0.2, 0) is 11.3 Å². The van der Waals surface area contributed by atoms with Crippen molar-refractivity contribution in [3.8, 4) is 0 Å². The molecule has 17 heavy (non-hydrogen) atoms. The van der Waals surface area contributed by atoms with Gasteiger partial charge in [-0.05, 0) is 0 Å². The van der Waals surface area contributed by atoms with Crippen molar-refractivity contribution in [2.24, 2.45) is 0 Å². The first-order valence-electron chi connectivity index (χ1n) is 5.90. The van der Waals surface area contributed by atoms with E-state index >= 15 is 0 Å². The van der Waals surface area contributed by atoms with Gasteiger partial charge in [-0.3, -0.25) is 14.8 Å². The first kappa shape index (κ1) is 12.1. The van der Waals surface area contributed by atoms with Crippen molar-refractivity contribution >= 4 is 5.91 Å². The van der Waals surface area contributed by atoms with Crippen LogP contribution >= 0.6 is 0 Å². The number of rotatable bonds is 4. The predicted octanol–water partition coefficient (Wildman–Crippen LogP) is -0.727. The molecule has 1 aliphatic heterocycles. The molecule has 1 aliphatic rings. The Morgan fingerprint density at radius 1 is 1.53 bits per heavy atom. The lowest BCUT2D eigenvalue weighted by molar-refractivity contribution is -0.131. The third-order valence-corrected chi connectivity index (χ3v) is 2.97. The Balaban J connectivity index is 1.78. The highest BCUT2D eigenvalue weighted by Gasteiger charge is 2.16. The van der Waals surface area contributed by atoms with E-state index in [0.29, 0.717) is 13.1 Å². The number of aromatic nitrogens is 2. The molecule has 6 nitrogen and oxygen atoms in total. The molecule has 2 N–H and O–H groups in total. The average molecular weight is 237 g/mol. The summed E-state index contributed by atoms with van der Waals surface area (Å²) in [7, 11) is 1.83. The highest BCUT2D eigenvalue weighted by atomic mass is 16.2. The zero-order chi connectivity index (χ0) is 12.1. The molecule has 0 aliphatic carbocycles.